The topological polar surface area (TPSA) is 132 Å². The largest absolute Gasteiger partial charge is 0.480 e. The van der Waals surface area contributed by atoms with E-state index in [1.807, 2.05) is 60.8 Å². The summed E-state index contributed by atoms with van der Waals surface area (Å²) in [5.41, 5.74) is 8.46. The summed E-state index contributed by atoms with van der Waals surface area (Å²) in [7, 11) is 3.31. The summed E-state index contributed by atoms with van der Waals surface area (Å²) >= 11 is 0. The van der Waals surface area contributed by atoms with Gasteiger partial charge in [0, 0.05) is 25.3 Å². The Bertz CT molecular complexity index is 1310. The highest BCUT2D eigenvalue weighted by atomic mass is 16.5. The lowest BCUT2D eigenvalue weighted by atomic mass is 10.1. The van der Waals surface area contributed by atoms with Crippen LogP contribution >= 0.6 is 0 Å². The summed E-state index contributed by atoms with van der Waals surface area (Å²) in [6, 6.07) is 19.4. The van der Waals surface area contributed by atoms with Crippen LogP contribution in [0.5, 0.6) is 5.88 Å². The van der Waals surface area contributed by atoms with Gasteiger partial charge in [-0.05, 0) is 30.5 Å². The highest BCUT2D eigenvalue weighted by Gasteiger charge is 2.12. The van der Waals surface area contributed by atoms with Gasteiger partial charge in [-0.25, -0.2) is 14.8 Å². The number of imidazole rings is 1. The molecule has 0 aliphatic heterocycles. The average Bonchev–Trinajstić information content (AvgIpc) is 3.42. The summed E-state index contributed by atoms with van der Waals surface area (Å²) in [4.78, 5) is 33.9. The number of primary amides is 1. The Morgan fingerprint density at radius 1 is 1.00 bits per heavy atom. The Labute approximate surface area is 222 Å². The van der Waals surface area contributed by atoms with Crippen molar-refractivity contribution in [1.29, 1.82) is 0 Å². The van der Waals surface area contributed by atoms with E-state index in [0.29, 0.717) is 12.3 Å². The maximum Gasteiger partial charge on any atom is 0.404 e. The zero-order chi connectivity index (χ0) is 27.2. The number of rotatable bonds is 11. The number of amides is 2. The number of methoxy groups -OCH3 is 1. The van der Waals surface area contributed by atoms with Crippen LogP contribution in [0.15, 0.2) is 66.9 Å². The molecule has 0 radical (unpaired) electrons. The van der Waals surface area contributed by atoms with Crippen LogP contribution in [0.25, 0.3) is 22.2 Å². The van der Waals surface area contributed by atoms with Crippen molar-refractivity contribution in [2.75, 3.05) is 14.2 Å². The summed E-state index contributed by atoms with van der Waals surface area (Å²) in [5.74, 6) is 1.67. The number of benzene rings is 2. The number of ether oxygens (including phenoxy) is 2. The molecule has 9 heteroatoms. The van der Waals surface area contributed by atoms with E-state index >= 15 is 0 Å². The molecule has 0 saturated heterocycles. The summed E-state index contributed by atoms with van der Waals surface area (Å²) in [6.07, 6.45) is 6.73. The van der Waals surface area contributed by atoms with E-state index in [2.05, 4.69) is 31.1 Å². The molecule has 4 aromatic rings. The van der Waals surface area contributed by atoms with Crippen molar-refractivity contribution >= 4 is 22.9 Å². The number of hydrogen-bond acceptors (Lipinski definition) is 6. The van der Waals surface area contributed by atoms with Gasteiger partial charge in [-0.1, -0.05) is 61.4 Å². The lowest BCUT2D eigenvalue weighted by Crippen LogP contribution is -2.16. The monoisotopic (exact) mass is 517 g/mol. The predicted octanol–water partition coefficient (Wildman–Crippen LogP) is 5.15. The van der Waals surface area contributed by atoms with Gasteiger partial charge in [0.2, 0.25) is 11.8 Å². The number of H-pyrrole nitrogens is 1. The van der Waals surface area contributed by atoms with Crippen molar-refractivity contribution in [3.8, 4) is 17.1 Å². The Kier molecular flexibility index (Phi) is 11.1. The van der Waals surface area contributed by atoms with Crippen LogP contribution in [-0.4, -0.2) is 41.1 Å². The number of fused-ring (bicyclic) bond motifs is 1. The van der Waals surface area contributed by atoms with Crippen LogP contribution in [0.1, 0.15) is 43.5 Å². The fourth-order valence-corrected chi connectivity index (χ4v) is 3.86. The molecule has 38 heavy (non-hydrogen) atoms. The number of aromatic nitrogens is 3. The van der Waals surface area contributed by atoms with E-state index in [9.17, 15) is 9.59 Å². The quantitative estimate of drug-likeness (QED) is 0.236. The number of nitrogens with zero attached hydrogens (tertiary/aromatic N) is 2. The van der Waals surface area contributed by atoms with Gasteiger partial charge in [-0.15, -0.1) is 0 Å². The molecular formula is C29H35N5O4. The molecule has 4 rings (SSSR count). The number of carbonyl (C=O) groups is 2. The molecular weight excluding hydrogens is 482 g/mol. The average molecular weight is 518 g/mol. The third kappa shape index (κ3) is 8.92. The number of nitrogens with two attached hydrogens (primary N) is 1. The summed E-state index contributed by atoms with van der Waals surface area (Å²) in [6.45, 7) is 0.246. The molecule has 9 nitrogen and oxygen atoms in total. The Hall–Kier alpha value is -4.40. The van der Waals surface area contributed by atoms with E-state index in [0.717, 1.165) is 65.7 Å². The number of hydrogen-bond donors (Lipinski definition) is 3. The van der Waals surface area contributed by atoms with Crippen LogP contribution in [0.3, 0.4) is 0 Å². The summed E-state index contributed by atoms with van der Waals surface area (Å²) < 4.78 is 10.0. The minimum absolute atomic E-state index is 0.114. The van der Waals surface area contributed by atoms with Crippen molar-refractivity contribution in [2.45, 2.75) is 45.1 Å². The molecule has 200 valence electrons. The van der Waals surface area contributed by atoms with Gasteiger partial charge in [0.05, 0.1) is 30.1 Å². The third-order valence-corrected chi connectivity index (χ3v) is 5.87. The second-order valence-corrected chi connectivity index (χ2v) is 8.66. The molecule has 4 N–H and O–H groups in total. The van der Waals surface area contributed by atoms with E-state index in [4.69, 9.17) is 10.5 Å². The molecule has 2 aromatic carbocycles. The molecule has 0 spiro atoms. The number of nitrogens with one attached hydrogen (secondary N) is 2. The summed E-state index contributed by atoms with van der Waals surface area (Å²) in [5, 5.41) is 3.72. The van der Waals surface area contributed by atoms with Gasteiger partial charge >= 0.3 is 6.09 Å². The fraction of sp³-hybridized carbons (Fsp3) is 0.310. The van der Waals surface area contributed by atoms with Gasteiger partial charge < -0.3 is 25.5 Å². The zero-order valence-corrected chi connectivity index (χ0v) is 21.9. The maximum atomic E-state index is 11.2. The predicted molar refractivity (Wildman–Crippen MR) is 148 cm³/mol. The first-order valence-corrected chi connectivity index (χ1v) is 12.6. The number of pyridine rings is 1. The van der Waals surface area contributed by atoms with Crippen molar-refractivity contribution in [3.05, 3.63) is 78.2 Å². The Morgan fingerprint density at radius 2 is 1.74 bits per heavy atom. The highest BCUT2D eigenvalue weighted by molar-refractivity contribution is 5.85. The number of aromatic amines is 1. The maximum absolute atomic E-state index is 11.2. The van der Waals surface area contributed by atoms with E-state index in [1.165, 1.54) is 0 Å². The van der Waals surface area contributed by atoms with Crippen molar-refractivity contribution in [2.24, 2.45) is 5.73 Å². The van der Waals surface area contributed by atoms with E-state index in [1.54, 1.807) is 14.2 Å². The van der Waals surface area contributed by atoms with Crippen LogP contribution in [-0.2, 0) is 22.6 Å². The molecule has 0 bridgehead atoms. The van der Waals surface area contributed by atoms with Crippen molar-refractivity contribution in [1.82, 2.24) is 20.3 Å². The Balaban J connectivity index is 0.000000304. The highest BCUT2D eigenvalue weighted by Crippen LogP contribution is 2.30. The standard InChI is InChI=1S/C21H26N4O2.C8H9NO2/c1-22-20(26)12-6-4-3-5-11-19-23-14-18(24-19)16-13-15-9-7-8-10-17(15)25-21(16)27-2;9-8(10)11-6-7-4-2-1-3-5-7/h7-10,13-14H,3-6,11-12H2,1-2H3,(H,22,26)(H,23,24);1-5H,6H2,(H2,9,10). The first kappa shape index (κ1) is 28.2. The van der Waals surface area contributed by atoms with Crippen LogP contribution in [0.2, 0.25) is 0 Å². The third-order valence-electron chi connectivity index (χ3n) is 5.87. The molecule has 0 saturated carbocycles. The molecule has 2 amide bonds. The number of unbranched alkanes of at least 4 members (excludes halogenated alkanes) is 3. The van der Waals surface area contributed by atoms with Crippen molar-refractivity contribution in [3.63, 3.8) is 0 Å². The minimum atomic E-state index is -0.742. The molecule has 2 heterocycles. The van der Waals surface area contributed by atoms with Gasteiger partial charge in [-0.2, -0.15) is 0 Å². The molecule has 0 aliphatic carbocycles. The zero-order valence-electron chi connectivity index (χ0n) is 21.9. The number of para-hydroxylation sites is 1. The second kappa shape index (κ2) is 15.0. The second-order valence-electron chi connectivity index (χ2n) is 8.66. The van der Waals surface area contributed by atoms with Crippen molar-refractivity contribution < 1.29 is 19.1 Å². The van der Waals surface area contributed by atoms with Gasteiger partial charge in [-0.3, -0.25) is 4.79 Å². The number of carbonyl (C=O) groups excluding carboxylic acids is 2. The van der Waals surface area contributed by atoms with Gasteiger partial charge in [0.15, 0.2) is 0 Å². The molecule has 0 fully saturated rings. The number of aryl methyl sites for hydroxylation is 1. The van der Waals surface area contributed by atoms with Gasteiger partial charge in [0.1, 0.15) is 12.4 Å². The molecule has 0 unspecified atom stereocenters. The molecule has 2 aromatic heterocycles. The van der Waals surface area contributed by atoms with Crippen LogP contribution in [0, 0.1) is 0 Å². The first-order chi connectivity index (χ1) is 18.5. The van der Waals surface area contributed by atoms with Crippen LogP contribution in [0.4, 0.5) is 4.79 Å². The minimum Gasteiger partial charge on any atom is -0.480 e. The normalized spacial score (nSPS) is 10.4. The first-order valence-electron chi connectivity index (χ1n) is 12.6. The van der Waals surface area contributed by atoms with Crippen LogP contribution < -0.4 is 15.8 Å². The smallest absolute Gasteiger partial charge is 0.404 e. The van der Waals surface area contributed by atoms with E-state index in [-0.39, 0.29) is 12.5 Å². The van der Waals surface area contributed by atoms with E-state index < -0.39 is 6.09 Å². The molecule has 0 aliphatic rings. The lowest BCUT2D eigenvalue weighted by molar-refractivity contribution is -0.120. The molecule has 0 atom stereocenters. The van der Waals surface area contributed by atoms with Gasteiger partial charge in [0.25, 0.3) is 0 Å². The SMILES string of the molecule is CNC(=O)CCCCCCc1ncc(-c2cc3ccccc3nc2OC)[nH]1.NC(=O)OCc1ccccc1. The Morgan fingerprint density at radius 3 is 2.47 bits per heavy atom. The fourth-order valence-electron chi connectivity index (χ4n) is 3.86. The lowest BCUT2D eigenvalue weighted by Gasteiger charge is -2.07.